The Kier molecular flexibility index (Phi) is 4.01. The number of anilines is 1. The van der Waals surface area contributed by atoms with Gasteiger partial charge in [0.1, 0.15) is 11.6 Å². The molecule has 5 nitrogen and oxygen atoms in total. The van der Waals surface area contributed by atoms with Gasteiger partial charge in [-0.1, -0.05) is 0 Å². The van der Waals surface area contributed by atoms with Gasteiger partial charge in [0.2, 0.25) is 0 Å². The van der Waals surface area contributed by atoms with Crippen molar-refractivity contribution in [1.29, 1.82) is 5.26 Å². The topological polar surface area (TPSA) is 65.7 Å². The minimum atomic E-state index is 0.451. The van der Waals surface area contributed by atoms with Crippen molar-refractivity contribution in [1.82, 2.24) is 15.2 Å². The number of aryl methyl sites for hydroxylation is 1. The molecule has 2 aromatic rings. The van der Waals surface area contributed by atoms with Gasteiger partial charge in [0.15, 0.2) is 5.82 Å². The molecule has 0 N–H and O–H groups in total. The van der Waals surface area contributed by atoms with Crippen molar-refractivity contribution in [2.75, 3.05) is 18.0 Å². The molecule has 0 bridgehead atoms. The Balaban J connectivity index is 1.90. The molecule has 3 rings (SSSR count). The maximum atomic E-state index is 9.48. The van der Waals surface area contributed by atoms with Crippen LogP contribution < -0.4 is 4.90 Å². The maximum absolute atomic E-state index is 9.48. The molecule has 0 amide bonds. The van der Waals surface area contributed by atoms with E-state index in [9.17, 15) is 5.26 Å². The molecule has 0 radical (unpaired) electrons. The second-order valence-electron chi connectivity index (χ2n) is 5.79. The van der Waals surface area contributed by atoms with Crippen LogP contribution in [0.1, 0.15) is 41.1 Å². The van der Waals surface area contributed by atoms with Crippen LogP contribution in [-0.4, -0.2) is 28.3 Å². The highest BCUT2D eigenvalue weighted by molar-refractivity contribution is 5.58. The van der Waals surface area contributed by atoms with Gasteiger partial charge in [0, 0.05) is 31.4 Å². The first kappa shape index (κ1) is 14.5. The number of nitrogens with zero attached hydrogens (tertiary/aromatic N) is 5. The fraction of sp³-hybridized carbons (Fsp3) is 0.412. The summed E-state index contributed by atoms with van der Waals surface area (Å²) in [7, 11) is 0. The van der Waals surface area contributed by atoms with Crippen LogP contribution in [0.2, 0.25) is 0 Å². The van der Waals surface area contributed by atoms with Gasteiger partial charge in [-0.15, -0.1) is 5.10 Å². The minimum Gasteiger partial charge on any atom is -0.353 e. The summed E-state index contributed by atoms with van der Waals surface area (Å²) in [4.78, 5) is 6.29. The van der Waals surface area contributed by atoms with E-state index < -0.39 is 0 Å². The molecule has 1 saturated heterocycles. The molecule has 112 valence electrons. The van der Waals surface area contributed by atoms with Crippen molar-refractivity contribution in [3.8, 4) is 6.07 Å². The zero-order chi connectivity index (χ0) is 15.5. The number of nitriles is 1. The fourth-order valence-electron chi connectivity index (χ4n) is 3.03. The minimum absolute atomic E-state index is 0.451. The lowest BCUT2D eigenvalue weighted by atomic mass is 9.91. The Hall–Kier alpha value is -2.48. The first-order valence-corrected chi connectivity index (χ1v) is 7.59. The summed E-state index contributed by atoms with van der Waals surface area (Å²) in [5.41, 5.74) is 3.71. The molecule has 1 fully saturated rings. The number of aromatic nitrogens is 3. The number of piperidine rings is 1. The summed E-state index contributed by atoms with van der Waals surface area (Å²) in [5, 5.41) is 18.0. The summed E-state index contributed by atoms with van der Waals surface area (Å²) in [6.45, 7) is 5.63. The lowest BCUT2D eigenvalue weighted by Crippen LogP contribution is -2.35. The molecule has 0 spiro atoms. The molecule has 1 aliphatic rings. The Morgan fingerprint density at radius 1 is 1.23 bits per heavy atom. The van der Waals surface area contributed by atoms with Crippen molar-refractivity contribution in [2.24, 2.45) is 0 Å². The fourth-order valence-corrected chi connectivity index (χ4v) is 3.03. The third-order valence-electron chi connectivity index (χ3n) is 4.45. The molecular formula is C17H19N5. The van der Waals surface area contributed by atoms with Gasteiger partial charge in [-0.2, -0.15) is 10.4 Å². The van der Waals surface area contributed by atoms with E-state index in [0.29, 0.717) is 11.5 Å². The summed E-state index contributed by atoms with van der Waals surface area (Å²) >= 11 is 0. The molecule has 0 saturated carbocycles. The third kappa shape index (κ3) is 2.64. The Morgan fingerprint density at radius 2 is 2.00 bits per heavy atom. The smallest absolute Gasteiger partial charge is 0.169 e. The highest BCUT2D eigenvalue weighted by Gasteiger charge is 2.25. The number of pyridine rings is 1. The van der Waals surface area contributed by atoms with Crippen molar-refractivity contribution in [3.63, 3.8) is 0 Å². The second kappa shape index (κ2) is 6.10. The van der Waals surface area contributed by atoms with Crippen LogP contribution in [0.5, 0.6) is 0 Å². The predicted molar refractivity (Wildman–Crippen MR) is 84.6 cm³/mol. The highest BCUT2D eigenvalue weighted by Crippen LogP contribution is 2.31. The van der Waals surface area contributed by atoms with Crippen LogP contribution in [0.15, 0.2) is 24.5 Å². The normalized spacial score (nSPS) is 18.0. The zero-order valence-electron chi connectivity index (χ0n) is 13.0. The number of hydrogen-bond acceptors (Lipinski definition) is 5. The van der Waals surface area contributed by atoms with Crippen molar-refractivity contribution < 1.29 is 0 Å². The van der Waals surface area contributed by atoms with Gasteiger partial charge in [-0.25, -0.2) is 0 Å². The van der Waals surface area contributed by atoms with Gasteiger partial charge >= 0.3 is 0 Å². The van der Waals surface area contributed by atoms with E-state index in [1.54, 1.807) is 0 Å². The first-order valence-electron chi connectivity index (χ1n) is 7.59. The SMILES string of the molecule is Cc1nnc(N2CCCC(c3ccncc3)C2)c(C#N)c1C. The van der Waals surface area contributed by atoms with E-state index >= 15 is 0 Å². The molecule has 22 heavy (non-hydrogen) atoms. The second-order valence-corrected chi connectivity index (χ2v) is 5.79. The number of hydrogen-bond donors (Lipinski definition) is 0. The predicted octanol–water partition coefficient (Wildman–Crippen LogP) is 2.74. The van der Waals surface area contributed by atoms with Crippen LogP contribution in [0.25, 0.3) is 0 Å². The van der Waals surface area contributed by atoms with E-state index in [1.165, 1.54) is 5.56 Å². The summed E-state index contributed by atoms with van der Waals surface area (Å²) in [6, 6.07) is 6.45. The van der Waals surface area contributed by atoms with E-state index in [4.69, 9.17) is 0 Å². The van der Waals surface area contributed by atoms with Crippen LogP contribution in [0.3, 0.4) is 0 Å². The molecule has 3 heterocycles. The largest absolute Gasteiger partial charge is 0.353 e. The van der Waals surface area contributed by atoms with Gasteiger partial charge in [-0.05, 0) is 49.9 Å². The van der Waals surface area contributed by atoms with Crippen LogP contribution in [-0.2, 0) is 0 Å². The molecule has 0 aliphatic carbocycles. The molecule has 2 aromatic heterocycles. The van der Waals surface area contributed by atoms with Crippen LogP contribution in [0.4, 0.5) is 5.82 Å². The molecule has 1 aliphatic heterocycles. The molecular weight excluding hydrogens is 274 g/mol. The van der Waals surface area contributed by atoms with Crippen molar-refractivity contribution >= 4 is 5.82 Å². The lowest BCUT2D eigenvalue weighted by molar-refractivity contribution is 0.505. The summed E-state index contributed by atoms with van der Waals surface area (Å²) < 4.78 is 0. The van der Waals surface area contributed by atoms with E-state index in [2.05, 4.69) is 38.3 Å². The molecule has 1 unspecified atom stereocenters. The van der Waals surface area contributed by atoms with E-state index in [0.717, 1.165) is 43.0 Å². The Bertz CT molecular complexity index is 705. The highest BCUT2D eigenvalue weighted by atomic mass is 15.3. The maximum Gasteiger partial charge on any atom is 0.169 e. The quantitative estimate of drug-likeness (QED) is 0.851. The Morgan fingerprint density at radius 3 is 2.73 bits per heavy atom. The van der Waals surface area contributed by atoms with Crippen molar-refractivity contribution in [2.45, 2.75) is 32.6 Å². The first-order chi connectivity index (χ1) is 10.7. The molecule has 1 atom stereocenters. The van der Waals surface area contributed by atoms with E-state index in [-0.39, 0.29) is 0 Å². The van der Waals surface area contributed by atoms with E-state index in [1.807, 2.05) is 26.2 Å². The van der Waals surface area contributed by atoms with Gasteiger partial charge in [-0.3, -0.25) is 4.98 Å². The number of rotatable bonds is 2. The molecule has 0 aromatic carbocycles. The van der Waals surface area contributed by atoms with Crippen molar-refractivity contribution in [3.05, 3.63) is 46.9 Å². The van der Waals surface area contributed by atoms with Gasteiger partial charge in [0.05, 0.1) is 5.69 Å². The standard InChI is InChI=1S/C17H19N5/c1-12-13(2)20-21-17(16(12)10-18)22-9-3-4-15(11-22)14-5-7-19-8-6-14/h5-8,15H,3-4,9,11H2,1-2H3. The monoisotopic (exact) mass is 293 g/mol. The zero-order valence-corrected chi connectivity index (χ0v) is 13.0. The average molecular weight is 293 g/mol. The summed E-state index contributed by atoms with van der Waals surface area (Å²) in [6.07, 6.45) is 5.92. The molecule has 5 heteroatoms. The van der Waals surface area contributed by atoms with Gasteiger partial charge in [0.25, 0.3) is 0 Å². The summed E-state index contributed by atoms with van der Waals surface area (Å²) in [5.74, 6) is 1.18. The third-order valence-corrected chi connectivity index (χ3v) is 4.45. The van der Waals surface area contributed by atoms with Gasteiger partial charge < -0.3 is 4.90 Å². The van der Waals surface area contributed by atoms with Crippen LogP contribution in [0, 0.1) is 25.2 Å². The van der Waals surface area contributed by atoms with Crippen LogP contribution >= 0.6 is 0 Å². The average Bonchev–Trinajstić information content (AvgIpc) is 2.58. The lowest BCUT2D eigenvalue weighted by Gasteiger charge is -2.34. The Labute approximate surface area is 130 Å².